The standard InChI is InChI=1S/C13H19N3O3/c1-8(2)19-13(17)11-4-3-10(14)12(16-11)15-7-9-5-6-18-9/h3-4,8-9H,5-7,14H2,1-2H3,(H,15,16)/t9-/m0/s1. The van der Waals surface area contributed by atoms with E-state index < -0.39 is 5.97 Å². The van der Waals surface area contributed by atoms with Crippen molar-refractivity contribution in [1.29, 1.82) is 0 Å². The van der Waals surface area contributed by atoms with Crippen LogP contribution in [0.25, 0.3) is 0 Å². The number of rotatable bonds is 5. The van der Waals surface area contributed by atoms with Gasteiger partial charge in [-0.1, -0.05) is 0 Å². The van der Waals surface area contributed by atoms with Crippen LogP contribution in [0.1, 0.15) is 30.8 Å². The van der Waals surface area contributed by atoms with Crippen LogP contribution in [0.4, 0.5) is 11.5 Å². The van der Waals surface area contributed by atoms with Crippen molar-refractivity contribution in [2.45, 2.75) is 32.5 Å². The Morgan fingerprint density at radius 1 is 1.63 bits per heavy atom. The lowest BCUT2D eigenvalue weighted by atomic mass is 10.2. The fourth-order valence-electron chi connectivity index (χ4n) is 1.66. The summed E-state index contributed by atoms with van der Waals surface area (Å²) in [6, 6.07) is 3.21. The number of carbonyl (C=O) groups is 1. The fourth-order valence-corrected chi connectivity index (χ4v) is 1.66. The number of hydrogen-bond acceptors (Lipinski definition) is 6. The third kappa shape index (κ3) is 3.57. The molecule has 0 amide bonds. The van der Waals surface area contributed by atoms with Crippen molar-refractivity contribution >= 4 is 17.5 Å². The fraction of sp³-hybridized carbons (Fsp3) is 0.538. The van der Waals surface area contributed by atoms with Gasteiger partial charge in [-0.3, -0.25) is 0 Å². The molecule has 3 N–H and O–H groups in total. The minimum Gasteiger partial charge on any atom is -0.458 e. The molecular weight excluding hydrogens is 246 g/mol. The molecule has 0 radical (unpaired) electrons. The zero-order valence-electron chi connectivity index (χ0n) is 11.2. The first-order valence-electron chi connectivity index (χ1n) is 6.39. The predicted molar refractivity (Wildman–Crippen MR) is 72.0 cm³/mol. The third-order valence-corrected chi connectivity index (χ3v) is 2.77. The molecule has 0 aliphatic carbocycles. The molecule has 2 heterocycles. The number of carbonyl (C=O) groups excluding carboxylic acids is 1. The van der Waals surface area contributed by atoms with Crippen molar-refractivity contribution < 1.29 is 14.3 Å². The molecule has 6 nitrogen and oxygen atoms in total. The number of esters is 1. The normalized spacial score (nSPS) is 17.9. The molecule has 1 aliphatic rings. The maximum absolute atomic E-state index is 11.7. The van der Waals surface area contributed by atoms with Gasteiger partial charge in [-0.25, -0.2) is 9.78 Å². The van der Waals surface area contributed by atoms with Gasteiger partial charge in [0, 0.05) is 13.2 Å². The van der Waals surface area contributed by atoms with Gasteiger partial charge in [0.2, 0.25) is 0 Å². The van der Waals surface area contributed by atoms with E-state index in [2.05, 4.69) is 10.3 Å². The van der Waals surface area contributed by atoms with E-state index in [1.54, 1.807) is 26.0 Å². The molecule has 1 fully saturated rings. The van der Waals surface area contributed by atoms with E-state index in [9.17, 15) is 4.79 Å². The van der Waals surface area contributed by atoms with Gasteiger partial charge in [-0.15, -0.1) is 0 Å². The maximum atomic E-state index is 11.7. The van der Waals surface area contributed by atoms with Crippen molar-refractivity contribution in [3.05, 3.63) is 17.8 Å². The topological polar surface area (TPSA) is 86.5 Å². The lowest BCUT2D eigenvalue weighted by molar-refractivity contribution is -0.0410. The summed E-state index contributed by atoms with van der Waals surface area (Å²) in [6.45, 7) is 5.03. The molecule has 6 heteroatoms. The van der Waals surface area contributed by atoms with Crippen LogP contribution in [-0.4, -0.2) is 36.3 Å². The number of aromatic nitrogens is 1. The molecule has 1 aliphatic heterocycles. The smallest absolute Gasteiger partial charge is 0.357 e. The second kappa shape index (κ2) is 5.88. The molecule has 0 spiro atoms. The highest BCUT2D eigenvalue weighted by Crippen LogP contribution is 2.18. The van der Waals surface area contributed by atoms with Crippen molar-refractivity contribution in [3.63, 3.8) is 0 Å². The number of nitrogens with one attached hydrogen (secondary N) is 1. The summed E-state index contributed by atoms with van der Waals surface area (Å²) in [5.41, 5.74) is 6.57. The van der Waals surface area contributed by atoms with Crippen LogP contribution in [0, 0.1) is 0 Å². The zero-order valence-corrected chi connectivity index (χ0v) is 11.2. The predicted octanol–water partition coefficient (Wildman–Crippen LogP) is 1.43. The summed E-state index contributed by atoms with van der Waals surface area (Å²) >= 11 is 0. The monoisotopic (exact) mass is 265 g/mol. The number of anilines is 2. The Labute approximate surface area is 112 Å². The highest BCUT2D eigenvalue weighted by Gasteiger charge is 2.19. The number of nitrogen functional groups attached to an aromatic ring is 1. The number of hydrogen-bond donors (Lipinski definition) is 2. The molecular formula is C13H19N3O3. The van der Waals surface area contributed by atoms with Gasteiger partial charge in [0.15, 0.2) is 5.69 Å². The first-order chi connectivity index (χ1) is 9.06. The van der Waals surface area contributed by atoms with Crippen LogP contribution < -0.4 is 11.1 Å². The van der Waals surface area contributed by atoms with Gasteiger partial charge in [0.1, 0.15) is 5.82 Å². The van der Waals surface area contributed by atoms with E-state index in [0.717, 1.165) is 13.0 Å². The SMILES string of the molecule is CC(C)OC(=O)c1ccc(N)c(NC[C@@H]2CCO2)n1. The van der Waals surface area contributed by atoms with E-state index in [4.69, 9.17) is 15.2 Å². The van der Waals surface area contributed by atoms with Crippen molar-refractivity contribution in [1.82, 2.24) is 4.98 Å². The van der Waals surface area contributed by atoms with Gasteiger partial charge in [0.25, 0.3) is 0 Å². The molecule has 1 aromatic heterocycles. The van der Waals surface area contributed by atoms with E-state index in [0.29, 0.717) is 18.1 Å². The minimum atomic E-state index is -0.446. The number of pyridine rings is 1. The van der Waals surface area contributed by atoms with Crippen LogP contribution in [0.15, 0.2) is 12.1 Å². The molecule has 0 unspecified atom stereocenters. The molecule has 1 aromatic rings. The second-order valence-electron chi connectivity index (χ2n) is 4.75. The quantitative estimate of drug-likeness (QED) is 0.783. The Kier molecular flexibility index (Phi) is 4.21. The van der Waals surface area contributed by atoms with Gasteiger partial charge in [0.05, 0.1) is 17.9 Å². The summed E-state index contributed by atoms with van der Waals surface area (Å²) < 4.78 is 10.4. The van der Waals surface area contributed by atoms with Gasteiger partial charge in [-0.05, 0) is 32.4 Å². The van der Waals surface area contributed by atoms with Crippen LogP contribution in [0.3, 0.4) is 0 Å². The van der Waals surface area contributed by atoms with Crippen molar-refractivity contribution in [3.8, 4) is 0 Å². The van der Waals surface area contributed by atoms with Crippen LogP contribution in [0.2, 0.25) is 0 Å². The molecule has 2 rings (SSSR count). The molecule has 19 heavy (non-hydrogen) atoms. The summed E-state index contributed by atoms with van der Waals surface area (Å²) in [4.78, 5) is 15.9. The molecule has 0 aromatic carbocycles. The van der Waals surface area contributed by atoms with Crippen LogP contribution >= 0.6 is 0 Å². The maximum Gasteiger partial charge on any atom is 0.357 e. The van der Waals surface area contributed by atoms with Gasteiger partial charge in [-0.2, -0.15) is 0 Å². The molecule has 0 bridgehead atoms. The first-order valence-corrected chi connectivity index (χ1v) is 6.39. The van der Waals surface area contributed by atoms with E-state index >= 15 is 0 Å². The average Bonchev–Trinajstić information content (AvgIpc) is 2.28. The molecule has 0 saturated carbocycles. The average molecular weight is 265 g/mol. The van der Waals surface area contributed by atoms with Crippen LogP contribution in [-0.2, 0) is 9.47 Å². The van der Waals surface area contributed by atoms with Gasteiger partial charge < -0.3 is 20.5 Å². The van der Waals surface area contributed by atoms with Crippen molar-refractivity contribution in [2.75, 3.05) is 24.2 Å². The molecule has 1 saturated heterocycles. The summed E-state index contributed by atoms with van der Waals surface area (Å²) in [5.74, 6) is 0.0478. The van der Waals surface area contributed by atoms with Crippen LogP contribution in [0.5, 0.6) is 0 Å². The number of ether oxygens (including phenoxy) is 2. The number of nitrogens with two attached hydrogens (primary N) is 1. The zero-order chi connectivity index (χ0) is 13.8. The highest BCUT2D eigenvalue weighted by molar-refractivity contribution is 5.88. The van der Waals surface area contributed by atoms with E-state index in [-0.39, 0.29) is 17.9 Å². The lowest BCUT2D eigenvalue weighted by Gasteiger charge is -2.26. The number of nitrogens with zero attached hydrogens (tertiary/aromatic N) is 1. The van der Waals surface area contributed by atoms with Gasteiger partial charge >= 0.3 is 5.97 Å². The lowest BCUT2D eigenvalue weighted by Crippen LogP contribution is -2.33. The first kappa shape index (κ1) is 13.6. The Hall–Kier alpha value is -1.82. The summed E-state index contributed by atoms with van der Waals surface area (Å²) in [7, 11) is 0. The summed E-state index contributed by atoms with van der Waals surface area (Å²) in [5, 5.41) is 3.09. The van der Waals surface area contributed by atoms with Crippen molar-refractivity contribution in [2.24, 2.45) is 0 Å². The van der Waals surface area contributed by atoms with E-state index in [1.807, 2.05) is 0 Å². The Bertz CT molecular complexity index is 458. The summed E-state index contributed by atoms with van der Waals surface area (Å²) in [6.07, 6.45) is 1.06. The Balaban J connectivity index is 2.02. The van der Waals surface area contributed by atoms with E-state index in [1.165, 1.54) is 0 Å². The molecule has 104 valence electrons. The second-order valence-corrected chi connectivity index (χ2v) is 4.75. The third-order valence-electron chi connectivity index (χ3n) is 2.77. The molecule has 1 atom stereocenters. The minimum absolute atomic E-state index is 0.174. The Morgan fingerprint density at radius 3 is 2.95 bits per heavy atom. The Morgan fingerprint density at radius 2 is 2.37 bits per heavy atom. The largest absolute Gasteiger partial charge is 0.458 e. The highest BCUT2D eigenvalue weighted by atomic mass is 16.5.